The van der Waals surface area contributed by atoms with Gasteiger partial charge in [0.2, 0.25) is 0 Å². The number of hydrogen-bond acceptors (Lipinski definition) is 4. The summed E-state index contributed by atoms with van der Waals surface area (Å²) in [7, 11) is -1.93. The summed E-state index contributed by atoms with van der Waals surface area (Å²) < 4.78 is 28.1. The number of aromatic nitrogens is 1. The molecule has 106 valence electrons. The molecule has 0 bridgehead atoms. The highest BCUT2D eigenvalue weighted by Crippen LogP contribution is 2.24. The van der Waals surface area contributed by atoms with Crippen molar-refractivity contribution >= 4 is 10.2 Å². The number of aromatic hydroxyl groups is 1. The second-order valence-corrected chi connectivity index (χ2v) is 6.56. The monoisotopic (exact) mass is 285 g/mol. The van der Waals surface area contributed by atoms with Crippen LogP contribution in [0.15, 0.2) is 18.3 Å². The number of nitrogens with one attached hydrogen (secondary N) is 1. The van der Waals surface area contributed by atoms with Crippen molar-refractivity contribution in [2.45, 2.75) is 38.3 Å². The summed E-state index contributed by atoms with van der Waals surface area (Å²) in [5, 5.41) is 9.55. The SMILES string of the molecule is CN(C1CCCC1)S(=O)(=O)NCc1ncccc1O. The standard InChI is InChI=1S/C12H19N3O3S/c1-15(10-5-2-3-6-10)19(17,18)14-9-11-12(16)7-4-8-13-11/h4,7-8,10,14,16H,2-3,5-6,9H2,1H3. The predicted octanol–water partition coefficient (Wildman–Crippen LogP) is 0.996. The largest absolute Gasteiger partial charge is 0.506 e. The molecule has 0 spiro atoms. The highest BCUT2D eigenvalue weighted by Gasteiger charge is 2.28. The number of pyridine rings is 1. The Labute approximate surface area is 113 Å². The molecule has 2 N–H and O–H groups in total. The van der Waals surface area contributed by atoms with Crippen molar-refractivity contribution in [2.24, 2.45) is 0 Å². The quantitative estimate of drug-likeness (QED) is 0.845. The lowest BCUT2D eigenvalue weighted by molar-refractivity contribution is 0.366. The number of nitrogens with zero attached hydrogens (tertiary/aromatic N) is 2. The van der Waals surface area contributed by atoms with Gasteiger partial charge in [-0.2, -0.15) is 17.4 Å². The summed E-state index contributed by atoms with van der Waals surface area (Å²) in [6, 6.07) is 3.16. The van der Waals surface area contributed by atoms with E-state index in [1.54, 1.807) is 13.1 Å². The van der Waals surface area contributed by atoms with Gasteiger partial charge in [0.05, 0.1) is 12.2 Å². The fourth-order valence-corrected chi connectivity index (χ4v) is 3.42. The maximum atomic E-state index is 12.1. The molecule has 0 unspecified atom stereocenters. The van der Waals surface area contributed by atoms with Crippen LogP contribution < -0.4 is 4.72 Å². The van der Waals surface area contributed by atoms with Gasteiger partial charge >= 0.3 is 0 Å². The smallest absolute Gasteiger partial charge is 0.279 e. The molecule has 0 aliphatic heterocycles. The predicted molar refractivity (Wildman–Crippen MR) is 71.7 cm³/mol. The minimum atomic E-state index is -3.53. The molecule has 1 aromatic rings. The van der Waals surface area contributed by atoms with Crippen LogP contribution >= 0.6 is 0 Å². The third-order valence-corrected chi connectivity index (χ3v) is 5.07. The van der Waals surface area contributed by atoms with E-state index in [-0.39, 0.29) is 18.3 Å². The van der Waals surface area contributed by atoms with E-state index in [2.05, 4.69) is 9.71 Å². The molecule has 1 aliphatic rings. The minimum Gasteiger partial charge on any atom is -0.506 e. The van der Waals surface area contributed by atoms with Gasteiger partial charge < -0.3 is 5.11 Å². The third-order valence-electron chi connectivity index (χ3n) is 3.51. The van der Waals surface area contributed by atoms with Gasteiger partial charge in [0.1, 0.15) is 5.75 Å². The van der Waals surface area contributed by atoms with E-state index in [1.807, 2.05) is 0 Å². The first-order valence-electron chi connectivity index (χ1n) is 6.36. The molecule has 6 nitrogen and oxygen atoms in total. The molecule has 0 amide bonds. The van der Waals surface area contributed by atoms with Crippen molar-refractivity contribution in [1.29, 1.82) is 0 Å². The second-order valence-electron chi connectivity index (χ2n) is 4.75. The van der Waals surface area contributed by atoms with Gasteiger partial charge in [-0.1, -0.05) is 12.8 Å². The highest BCUT2D eigenvalue weighted by atomic mass is 32.2. The van der Waals surface area contributed by atoms with Crippen LogP contribution in [0.4, 0.5) is 0 Å². The van der Waals surface area contributed by atoms with Crippen LogP contribution in [0.5, 0.6) is 5.75 Å². The molecule has 1 saturated carbocycles. The molecule has 0 atom stereocenters. The lowest BCUT2D eigenvalue weighted by Crippen LogP contribution is -2.42. The fraction of sp³-hybridized carbons (Fsp3) is 0.583. The Balaban J connectivity index is 1.99. The van der Waals surface area contributed by atoms with Gasteiger partial charge in [0.15, 0.2) is 0 Å². The van der Waals surface area contributed by atoms with E-state index < -0.39 is 10.2 Å². The maximum absolute atomic E-state index is 12.1. The molecular weight excluding hydrogens is 266 g/mol. The van der Waals surface area contributed by atoms with Gasteiger partial charge in [-0.25, -0.2) is 0 Å². The molecule has 0 saturated heterocycles. The molecule has 1 heterocycles. The van der Waals surface area contributed by atoms with Crippen molar-refractivity contribution in [3.63, 3.8) is 0 Å². The van der Waals surface area contributed by atoms with Crippen LogP contribution in [0.25, 0.3) is 0 Å². The van der Waals surface area contributed by atoms with E-state index >= 15 is 0 Å². The summed E-state index contributed by atoms with van der Waals surface area (Å²) in [4.78, 5) is 3.94. The molecule has 2 rings (SSSR count). The molecular formula is C12H19N3O3S. The first-order chi connectivity index (χ1) is 9.00. The van der Waals surface area contributed by atoms with Crippen molar-refractivity contribution in [3.05, 3.63) is 24.0 Å². The molecule has 1 aliphatic carbocycles. The van der Waals surface area contributed by atoms with Gasteiger partial charge in [-0.15, -0.1) is 0 Å². The van der Waals surface area contributed by atoms with Gasteiger partial charge in [0, 0.05) is 19.3 Å². The lowest BCUT2D eigenvalue weighted by atomic mass is 10.3. The molecule has 1 aromatic heterocycles. The molecule has 0 aromatic carbocycles. The Bertz CT molecular complexity index is 527. The lowest BCUT2D eigenvalue weighted by Gasteiger charge is -2.23. The van der Waals surface area contributed by atoms with Crippen LogP contribution in [0.3, 0.4) is 0 Å². The second kappa shape index (κ2) is 5.85. The summed E-state index contributed by atoms with van der Waals surface area (Å²) in [6.45, 7) is -0.00787. The number of rotatable bonds is 5. The Kier molecular flexibility index (Phi) is 4.38. The Morgan fingerprint density at radius 2 is 2.16 bits per heavy atom. The van der Waals surface area contributed by atoms with E-state index in [1.165, 1.54) is 16.6 Å². The zero-order valence-electron chi connectivity index (χ0n) is 10.9. The van der Waals surface area contributed by atoms with Crippen molar-refractivity contribution in [2.75, 3.05) is 7.05 Å². The zero-order chi connectivity index (χ0) is 13.9. The molecule has 7 heteroatoms. The van der Waals surface area contributed by atoms with Crippen LogP contribution in [0.1, 0.15) is 31.4 Å². The van der Waals surface area contributed by atoms with E-state index in [0.29, 0.717) is 5.69 Å². The summed E-state index contributed by atoms with van der Waals surface area (Å²) in [5.74, 6) is -0.00582. The van der Waals surface area contributed by atoms with Crippen LogP contribution in [0, 0.1) is 0 Å². The van der Waals surface area contributed by atoms with Gasteiger partial charge in [-0.3, -0.25) is 4.98 Å². The normalized spacial score (nSPS) is 17.2. The van der Waals surface area contributed by atoms with Crippen LogP contribution in [-0.2, 0) is 16.8 Å². The van der Waals surface area contributed by atoms with E-state index in [4.69, 9.17) is 0 Å². The van der Waals surface area contributed by atoms with Crippen molar-refractivity contribution < 1.29 is 13.5 Å². The first-order valence-corrected chi connectivity index (χ1v) is 7.80. The Morgan fingerprint density at radius 1 is 1.47 bits per heavy atom. The van der Waals surface area contributed by atoms with Gasteiger partial charge in [0.25, 0.3) is 10.2 Å². The Morgan fingerprint density at radius 3 is 2.79 bits per heavy atom. The third kappa shape index (κ3) is 3.43. The van der Waals surface area contributed by atoms with E-state index in [9.17, 15) is 13.5 Å². The molecule has 19 heavy (non-hydrogen) atoms. The molecule has 1 fully saturated rings. The highest BCUT2D eigenvalue weighted by molar-refractivity contribution is 7.87. The summed E-state index contributed by atoms with van der Waals surface area (Å²) >= 11 is 0. The fourth-order valence-electron chi connectivity index (χ4n) is 2.29. The maximum Gasteiger partial charge on any atom is 0.279 e. The van der Waals surface area contributed by atoms with Crippen molar-refractivity contribution in [1.82, 2.24) is 14.0 Å². The van der Waals surface area contributed by atoms with Crippen molar-refractivity contribution in [3.8, 4) is 5.75 Å². The van der Waals surface area contributed by atoms with Gasteiger partial charge in [-0.05, 0) is 25.0 Å². The van der Waals surface area contributed by atoms with Crippen LogP contribution in [-0.4, -0.2) is 35.9 Å². The molecule has 0 radical (unpaired) electrons. The first kappa shape index (κ1) is 14.2. The summed E-state index contributed by atoms with van der Waals surface area (Å²) in [6.07, 6.45) is 5.49. The van der Waals surface area contributed by atoms with E-state index in [0.717, 1.165) is 25.7 Å². The minimum absolute atomic E-state index is 0.00582. The number of hydrogen-bond donors (Lipinski definition) is 2. The zero-order valence-corrected chi connectivity index (χ0v) is 11.7. The summed E-state index contributed by atoms with van der Waals surface area (Å²) in [5.41, 5.74) is 0.325. The average Bonchev–Trinajstić information content (AvgIpc) is 2.90. The van der Waals surface area contributed by atoms with Crippen LogP contribution in [0.2, 0.25) is 0 Å². The topological polar surface area (TPSA) is 82.5 Å². The average molecular weight is 285 g/mol. The Hall–Kier alpha value is -1.18.